The van der Waals surface area contributed by atoms with Gasteiger partial charge < -0.3 is 9.15 Å². The predicted octanol–water partition coefficient (Wildman–Crippen LogP) is 4.33. The molecule has 0 radical (unpaired) electrons. The Morgan fingerprint density at radius 3 is 2.63 bits per heavy atom. The van der Waals surface area contributed by atoms with Crippen LogP contribution in [-0.4, -0.2) is 10.6 Å². The van der Waals surface area contributed by atoms with Crippen LogP contribution in [0.5, 0.6) is 5.75 Å². The van der Waals surface area contributed by atoms with E-state index < -0.39 is 5.91 Å². The van der Waals surface area contributed by atoms with Gasteiger partial charge in [0.15, 0.2) is 5.76 Å². The molecule has 3 aromatic rings. The van der Waals surface area contributed by atoms with Gasteiger partial charge in [-0.15, -0.1) is 0 Å². The van der Waals surface area contributed by atoms with Crippen LogP contribution >= 0.6 is 23.2 Å². The molecule has 0 aliphatic heterocycles. The maximum Gasteiger partial charge on any atom is 0.305 e. The molecule has 3 rings (SSSR count). The maximum atomic E-state index is 12.3. The van der Waals surface area contributed by atoms with Gasteiger partial charge in [0.2, 0.25) is 0 Å². The van der Waals surface area contributed by atoms with Crippen LogP contribution in [0.3, 0.4) is 0 Å². The molecule has 8 heteroatoms. The molecule has 2 aromatic heterocycles. The summed E-state index contributed by atoms with van der Waals surface area (Å²) in [6.45, 7) is 3.62. The van der Waals surface area contributed by atoms with Gasteiger partial charge in [0.25, 0.3) is 5.56 Å². The van der Waals surface area contributed by atoms with Crippen LogP contribution in [0.4, 0.5) is 0 Å². The molecule has 0 aliphatic carbocycles. The van der Waals surface area contributed by atoms with E-state index in [4.69, 9.17) is 32.4 Å². The smallest absolute Gasteiger partial charge is 0.305 e. The van der Waals surface area contributed by atoms with Crippen molar-refractivity contribution in [3.8, 4) is 5.75 Å². The first-order valence-electron chi connectivity index (χ1n) is 8.02. The number of ether oxygens (including phenoxy) is 1. The summed E-state index contributed by atoms with van der Waals surface area (Å²) in [6, 6.07) is 11.2. The average molecular weight is 407 g/mol. The molecule has 1 aromatic carbocycles. The van der Waals surface area contributed by atoms with Crippen molar-refractivity contribution in [2.24, 2.45) is 0 Å². The zero-order chi connectivity index (χ0) is 19.6. The molecule has 1 N–H and O–H groups in total. The molecular formula is C19H16Cl2N2O4. The Bertz CT molecular complexity index is 1060. The number of carbonyl (C=O) groups excluding carboxylic acids is 1. The normalized spacial score (nSPS) is 10.7. The lowest BCUT2D eigenvalue weighted by atomic mass is 10.2. The molecule has 140 valence electrons. The van der Waals surface area contributed by atoms with Gasteiger partial charge in [-0.2, -0.15) is 0 Å². The highest BCUT2D eigenvalue weighted by molar-refractivity contribution is 6.35. The molecule has 0 aliphatic rings. The summed E-state index contributed by atoms with van der Waals surface area (Å²) < 4.78 is 12.2. The lowest BCUT2D eigenvalue weighted by Gasteiger charge is -2.10. The van der Waals surface area contributed by atoms with E-state index >= 15 is 0 Å². The van der Waals surface area contributed by atoms with E-state index in [1.165, 1.54) is 16.8 Å². The second-order valence-corrected chi connectivity index (χ2v) is 6.76. The number of furan rings is 1. The first-order valence-corrected chi connectivity index (χ1v) is 8.77. The van der Waals surface area contributed by atoms with Gasteiger partial charge in [0.05, 0.1) is 5.02 Å². The van der Waals surface area contributed by atoms with Crippen LogP contribution in [-0.2, 0) is 6.61 Å². The van der Waals surface area contributed by atoms with Crippen molar-refractivity contribution in [1.29, 1.82) is 0 Å². The first-order chi connectivity index (χ1) is 12.8. The summed E-state index contributed by atoms with van der Waals surface area (Å²) >= 11 is 11.9. The molecule has 6 nitrogen and oxygen atoms in total. The third kappa shape index (κ3) is 4.53. The SMILES string of the molecule is Cc1cc(C)n(NC(=O)c2ccc(COc3ccc(Cl)cc3Cl)o2)c(=O)c1. The molecule has 27 heavy (non-hydrogen) atoms. The number of rotatable bonds is 5. The molecule has 0 saturated heterocycles. The monoisotopic (exact) mass is 406 g/mol. The van der Waals surface area contributed by atoms with E-state index in [0.29, 0.717) is 27.2 Å². The minimum Gasteiger partial charge on any atom is -0.484 e. The summed E-state index contributed by atoms with van der Waals surface area (Å²) in [4.78, 5) is 24.4. The Hall–Kier alpha value is -2.70. The Kier molecular flexibility index (Phi) is 5.58. The number of aryl methyl sites for hydroxylation is 2. The Morgan fingerprint density at radius 2 is 1.93 bits per heavy atom. The minimum atomic E-state index is -0.542. The standard InChI is InChI=1S/C19H16Cl2N2O4/c1-11-7-12(2)23(18(24)8-11)22-19(25)17-6-4-14(27-17)10-26-16-5-3-13(20)9-15(16)21/h3-9H,10H2,1-2H3,(H,22,25). The third-order valence-electron chi connectivity index (χ3n) is 3.72. The van der Waals surface area contributed by atoms with Gasteiger partial charge >= 0.3 is 5.91 Å². The second-order valence-electron chi connectivity index (χ2n) is 5.92. The van der Waals surface area contributed by atoms with Gasteiger partial charge in [-0.05, 0) is 55.8 Å². The van der Waals surface area contributed by atoms with Crippen molar-refractivity contribution in [2.45, 2.75) is 20.5 Å². The summed E-state index contributed by atoms with van der Waals surface area (Å²) in [5, 5.41) is 0.882. The van der Waals surface area contributed by atoms with Crippen molar-refractivity contribution in [2.75, 3.05) is 5.43 Å². The number of nitrogens with zero attached hydrogens (tertiary/aromatic N) is 1. The van der Waals surface area contributed by atoms with Crippen LogP contribution in [0.2, 0.25) is 10.0 Å². The van der Waals surface area contributed by atoms with Gasteiger partial charge in [-0.3, -0.25) is 15.0 Å². The lowest BCUT2D eigenvalue weighted by Crippen LogP contribution is -2.34. The van der Waals surface area contributed by atoms with Crippen LogP contribution in [0.1, 0.15) is 27.6 Å². The summed E-state index contributed by atoms with van der Waals surface area (Å²) in [7, 11) is 0. The third-order valence-corrected chi connectivity index (χ3v) is 4.25. The molecule has 0 spiro atoms. The first kappa shape index (κ1) is 19.1. The number of aromatic nitrogens is 1. The zero-order valence-corrected chi connectivity index (χ0v) is 16.1. The van der Waals surface area contributed by atoms with E-state index in [9.17, 15) is 9.59 Å². The average Bonchev–Trinajstić information content (AvgIpc) is 3.06. The van der Waals surface area contributed by atoms with Crippen molar-refractivity contribution in [3.05, 3.63) is 85.6 Å². The summed E-state index contributed by atoms with van der Waals surface area (Å²) in [6.07, 6.45) is 0. The molecule has 0 bridgehead atoms. The minimum absolute atomic E-state index is 0.0580. The Morgan fingerprint density at radius 1 is 1.15 bits per heavy atom. The summed E-state index contributed by atoms with van der Waals surface area (Å²) in [5.41, 5.74) is 3.63. The van der Waals surface area contributed by atoms with Gasteiger partial charge in [0, 0.05) is 16.8 Å². The predicted molar refractivity (Wildman–Crippen MR) is 103 cm³/mol. The van der Waals surface area contributed by atoms with Gasteiger partial charge in [0.1, 0.15) is 18.1 Å². The summed E-state index contributed by atoms with van der Waals surface area (Å²) in [5.74, 6) is 0.395. The number of nitrogens with one attached hydrogen (secondary N) is 1. The number of benzene rings is 1. The van der Waals surface area contributed by atoms with Crippen molar-refractivity contribution >= 4 is 29.1 Å². The molecule has 1 amide bonds. The highest BCUT2D eigenvalue weighted by Gasteiger charge is 2.14. The van der Waals surface area contributed by atoms with Crippen molar-refractivity contribution in [3.63, 3.8) is 0 Å². The molecule has 0 atom stereocenters. The van der Waals surface area contributed by atoms with Gasteiger partial charge in [-0.1, -0.05) is 23.2 Å². The number of hydrogen-bond acceptors (Lipinski definition) is 4. The van der Waals surface area contributed by atoms with E-state index in [2.05, 4.69) is 5.43 Å². The fourth-order valence-corrected chi connectivity index (χ4v) is 2.95. The van der Waals surface area contributed by atoms with Crippen molar-refractivity contribution < 1.29 is 13.9 Å². The number of amides is 1. The van der Waals surface area contributed by atoms with Crippen LogP contribution in [0.15, 0.2) is 51.7 Å². The molecule has 2 heterocycles. The van der Waals surface area contributed by atoms with Crippen LogP contribution in [0, 0.1) is 13.8 Å². The largest absolute Gasteiger partial charge is 0.484 e. The topological polar surface area (TPSA) is 73.5 Å². The molecule has 0 unspecified atom stereocenters. The van der Waals surface area contributed by atoms with E-state index in [1.807, 2.05) is 6.92 Å². The molecule has 0 saturated carbocycles. The molecular weight excluding hydrogens is 391 g/mol. The van der Waals surface area contributed by atoms with Gasteiger partial charge in [-0.25, -0.2) is 4.68 Å². The zero-order valence-electron chi connectivity index (χ0n) is 14.6. The lowest BCUT2D eigenvalue weighted by molar-refractivity contribution is 0.0976. The fourth-order valence-electron chi connectivity index (χ4n) is 2.49. The number of carbonyl (C=O) groups is 1. The Labute approximate surface area is 165 Å². The maximum absolute atomic E-state index is 12.3. The highest BCUT2D eigenvalue weighted by Crippen LogP contribution is 2.28. The number of pyridine rings is 1. The van der Waals surface area contributed by atoms with Crippen LogP contribution in [0.25, 0.3) is 0 Å². The fraction of sp³-hybridized carbons (Fsp3) is 0.158. The second kappa shape index (κ2) is 7.90. The van der Waals surface area contributed by atoms with Crippen LogP contribution < -0.4 is 15.7 Å². The molecule has 0 fully saturated rings. The van der Waals surface area contributed by atoms with E-state index in [-0.39, 0.29) is 17.9 Å². The quantitative estimate of drug-likeness (QED) is 0.684. The number of hydrogen-bond donors (Lipinski definition) is 1. The van der Waals surface area contributed by atoms with E-state index in [0.717, 1.165) is 5.56 Å². The Balaban J connectivity index is 1.68. The highest BCUT2D eigenvalue weighted by atomic mass is 35.5. The number of halogens is 2. The van der Waals surface area contributed by atoms with E-state index in [1.54, 1.807) is 37.3 Å². The van der Waals surface area contributed by atoms with Crippen molar-refractivity contribution in [1.82, 2.24) is 4.68 Å².